The maximum absolute atomic E-state index is 9.41. The molecule has 0 saturated heterocycles. The molecule has 1 heterocycles. The van der Waals surface area contributed by atoms with Crippen molar-refractivity contribution in [2.75, 3.05) is 5.32 Å². The van der Waals surface area contributed by atoms with E-state index in [9.17, 15) is 10.2 Å². The number of aromatic nitrogens is 2. The number of hydrogen-bond donors (Lipinski definition) is 3. The topological polar surface area (TPSA) is 70.3 Å². The molecule has 0 aliphatic carbocycles. The Morgan fingerprint density at radius 3 is 2.41 bits per heavy atom. The van der Waals surface area contributed by atoms with Gasteiger partial charge in [0.1, 0.15) is 17.3 Å². The third-order valence-corrected chi connectivity index (χ3v) is 2.50. The molecule has 2 aromatic rings. The molecule has 0 aliphatic heterocycles. The molecule has 0 fully saturated rings. The molecule has 3 N–H and O–H groups in total. The largest absolute Gasteiger partial charge is 0.508 e. The Balaban J connectivity index is 2.16. The van der Waals surface area contributed by atoms with E-state index in [-0.39, 0.29) is 17.5 Å². The van der Waals surface area contributed by atoms with E-state index >= 15 is 0 Å². The van der Waals surface area contributed by atoms with Crippen molar-refractivity contribution in [2.45, 2.75) is 13.0 Å². The zero-order valence-electron chi connectivity index (χ0n) is 9.75. The van der Waals surface area contributed by atoms with E-state index < -0.39 is 0 Å². The first kappa shape index (κ1) is 11.3. The van der Waals surface area contributed by atoms with Crippen LogP contribution in [-0.4, -0.2) is 20.0 Å². The third kappa shape index (κ3) is 2.69. The molecule has 90 valence electrons. The van der Waals surface area contributed by atoms with Crippen LogP contribution in [0.1, 0.15) is 18.5 Å². The van der Waals surface area contributed by atoms with Crippen LogP contribution in [0.3, 0.4) is 0 Å². The van der Waals surface area contributed by atoms with Crippen LogP contribution in [0.2, 0.25) is 0 Å². The monoisotopic (exact) mass is 233 g/mol. The molecule has 1 aromatic carbocycles. The standard InChI is InChI=1S/C12H15N3O2/c1-8(13-12-3-4-15(2)14-12)9-5-10(16)7-11(17)6-9/h3-8,16-17H,1-2H3,(H,13,14). The lowest BCUT2D eigenvalue weighted by atomic mass is 10.1. The minimum Gasteiger partial charge on any atom is -0.508 e. The molecule has 17 heavy (non-hydrogen) atoms. The Labute approximate surface area is 99.3 Å². The fourth-order valence-electron chi connectivity index (χ4n) is 1.67. The summed E-state index contributed by atoms with van der Waals surface area (Å²) < 4.78 is 1.70. The molecule has 1 atom stereocenters. The van der Waals surface area contributed by atoms with Gasteiger partial charge in [0.05, 0.1) is 6.04 Å². The first-order valence-corrected chi connectivity index (χ1v) is 5.33. The number of nitrogens with one attached hydrogen (secondary N) is 1. The Morgan fingerprint density at radius 2 is 1.88 bits per heavy atom. The molecular weight excluding hydrogens is 218 g/mol. The van der Waals surface area contributed by atoms with E-state index in [1.165, 1.54) is 6.07 Å². The van der Waals surface area contributed by atoms with Gasteiger partial charge in [-0.05, 0) is 24.6 Å². The second-order valence-electron chi connectivity index (χ2n) is 4.02. The van der Waals surface area contributed by atoms with E-state index in [0.29, 0.717) is 0 Å². The normalized spacial score (nSPS) is 12.4. The van der Waals surface area contributed by atoms with Gasteiger partial charge in [-0.3, -0.25) is 4.68 Å². The summed E-state index contributed by atoms with van der Waals surface area (Å²) >= 11 is 0. The van der Waals surface area contributed by atoms with Crippen molar-refractivity contribution in [1.82, 2.24) is 9.78 Å². The summed E-state index contributed by atoms with van der Waals surface area (Å²) in [6.07, 6.45) is 1.84. The molecule has 5 nitrogen and oxygen atoms in total. The minimum atomic E-state index is -0.0529. The first-order chi connectivity index (χ1) is 8.04. The predicted octanol–water partition coefficient (Wildman–Crippen LogP) is 2.00. The summed E-state index contributed by atoms with van der Waals surface area (Å²) in [6.45, 7) is 1.93. The minimum absolute atomic E-state index is 0.0506. The molecule has 0 saturated carbocycles. The predicted molar refractivity (Wildman–Crippen MR) is 65.0 cm³/mol. The second-order valence-corrected chi connectivity index (χ2v) is 4.02. The van der Waals surface area contributed by atoms with Crippen molar-refractivity contribution >= 4 is 5.82 Å². The number of phenolic OH excluding ortho intramolecular Hbond substituents is 2. The number of anilines is 1. The summed E-state index contributed by atoms with van der Waals surface area (Å²) in [6, 6.07) is 6.33. The van der Waals surface area contributed by atoms with Gasteiger partial charge in [0, 0.05) is 25.4 Å². The molecule has 0 radical (unpaired) electrons. The van der Waals surface area contributed by atoms with Gasteiger partial charge >= 0.3 is 0 Å². The van der Waals surface area contributed by atoms with Crippen molar-refractivity contribution < 1.29 is 10.2 Å². The first-order valence-electron chi connectivity index (χ1n) is 5.33. The van der Waals surface area contributed by atoms with E-state index in [1.54, 1.807) is 16.8 Å². The van der Waals surface area contributed by atoms with Crippen LogP contribution in [0.5, 0.6) is 11.5 Å². The highest BCUT2D eigenvalue weighted by molar-refractivity contribution is 5.42. The van der Waals surface area contributed by atoms with Gasteiger partial charge in [-0.25, -0.2) is 0 Å². The fourth-order valence-corrected chi connectivity index (χ4v) is 1.67. The van der Waals surface area contributed by atoms with Crippen LogP contribution in [0.15, 0.2) is 30.5 Å². The van der Waals surface area contributed by atoms with Crippen molar-refractivity contribution in [3.8, 4) is 11.5 Å². The van der Waals surface area contributed by atoms with Crippen molar-refractivity contribution in [3.63, 3.8) is 0 Å². The Hall–Kier alpha value is -2.17. The van der Waals surface area contributed by atoms with Crippen molar-refractivity contribution in [3.05, 3.63) is 36.0 Å². The summed E-state index contributed by atoms with van der Waals surface area (Å²) in [5.74, 6) is 0.854. The van der Waals surface area contributed by atoms with E-state index in [2.05, 4.69) is 10.4 Å². The molecule has 2 rings (SSSR count). The number of nitrogens with zero attached hydrogens (tertiary/aromatic N) is 2. The highest BCUT2D eigenvalue weighted by atomic mass is 16.3. The van der Waals surface area contributed by atoms with Crippen molar-refractivity contribution in [1.29, 1.82) is 0 Å². The maximum Gasteiger partial charge on any atom is 0.148 e. The quantitative estimate of drug-likeness (QED) is 0.758. The zero-order chi connectivity index (χ0) is 12.4. The van der Waals surface area contributed by atoms with E-state index in [4.69, 9.17) is 0 Å². The van der Waals surface area contributed by atoms with Crippen LogP contribution < -0.4 is 5.32 Å². The Kier molecular flexibility index (Phi) is 2.91. The molecule has 1 unspecified atom stereocenters. The lowest BCUT2D eigenvalue weighted by Crippen LogP contribution is -2.07. The number of rotatable bonds is 3. The number of benzene rings is 1. The SMILES string of the molecule is CC(Nc1ccn(C)n1)c1cc(O)cc(O)c1. The average molecular weight is 233 g/mol. The highest BCUT2D eigenvalue weighted by Gasteiger charge is 2.09. The Bertz CT molecular complexity index is 502. The lowest BCUT2D eigenvalue weighted by Gasteiger charge is -2.14. The van der Waals surface area contributed by atoms with Gasteiger partial charge in [0.25, 0.3) is 0 Å². The molecule has 1 aromatic heterocycles. The number of hydrogen-bond acceptors (Lipinski definition) is 4. The van der Waals surface area contributed by atoms with Crippen LogP contribution >= 0.6 is 0 Å². The summed E-state index contributed by atoms with van der Waals surface area (Å²) in [5, 5.41) is 26.2. The second kappa shape index (κ2) is 4.37. The summed E-state index contributed by atoms with van der Waals surface area (Å²) in [7, 11) is 1.84. The lowest BCUT2D eigenvalue weighted by molar-refractivity contribution is 0.448. The maximum atomic E-state index is 9.41. The fraction of sp³-hybridized carbons (Fsp3) is 0.250. The van der Waals surface area contributed by atoms with Crippen LogP contribution in [0.4, 0.5) is 5.82 Å². The van der Waals surface area contributed by atoms with Gasteiger partial charge in [0.15, 0.2) is 0 Å². The van der Waals surface area contributed by atoms with Crippen molar-refractivity contribution in [2.24, 2.45) is 7.05 Å². The van der Waals surface area contributed by atoms with Crippen LogP contribution in [-0.2, 0) is 7.05 Å². The number of aromatic hydroxyl groups is 2. The third-order valence-electron chi connectivity index (χ3n) is 2.50. The van der Waals surface area contributed by atoms with Gasteiger partial charge < -0.3 is 15.5 Å². The van der Waals surface area contributed by atoms with Crippen LogP contribution in [0.25, 0.3) is 0 Å². The summed E-state index contributed by atoms with van der Waals surface area (Å²) in [5.41, 5.74) is 0.799. The van der Waals surface area contributed by atoms with Gasteiger partial charge in [0.2, 0.25) is 0 Å². The molecule has 5 heteroatoms. The van der Waals surface area contributed by atoms with E-state index in [0.717, 1.165) is 11.4 Å². The average Bonchev–Trinajstić information content (AvgIpc) is 2.62. The highest BCUT2D eigenvalue weighted by Crippen LogP contribution is 2.26. The molecule has 0 aliphatic rings. The van der Waals surface area contributed by atoms with Gasteiger partial charge in [-0.2, -0.15) is 5.10 Å². The Morgan fingerprint density at radius 1 is 1.24 bits per heavy atom. The molecule has 0 bridgehead atoms. The van der Waals surface area contributed by atoms with E-state index in [1.807, 2.05) is 26.2 Å². The number of aryl methyl sites for hydroxylation is 1. The smallest absolute Gasteiger partial charge is 0.148 e. The summed E-state index contributed by atoms with van der Waals surface area (Å²) in [4.78, 5) is 0. The number of phenols is 2. The molecule has 0 amide bonds. The zero-order valence-corrected chi connectivity index (χ0v) is 9.75. The molecule has 0 spiro atoms. The molecular formula is C12H15N3O2. The van der Waals surface area contributed by atoms with Crippen LogP contribution in [0, 0.1) is 0 Å². The van der Waals surface area contributed by atoms with Gasteiger partial charge in [-0.15, -0.1) is 0 Å². The van der Waals surface area contributed by atoms with Gasteiger partial charge in [-0.1, -0.05) is 0 Å².